The van der Waals surface area contributed by atoms with Gasteiger partial charge >= 0.3 is 0 Å². The lowest BCUT2D eigenvalue weighted by molar-refractivity contribution is -0.385. The normalized spacial score (nSPS) is 10.0. The van der Waals surface area contributed by atoms with Gasteiger partial charge in [-0.1, -0.05) is 18.2 Å². The van der Waals surface area contributed by atoms with Crippen molar-refractivity contribution >= 4 is 23.0 Å². The Morgan fingerprint density at radius 2 is 1.87 bits per heavy atom. The lowest BCUT2D eigenvalue weighted by Gasteiger charge is -2.12. The quantitative estimate of drug-likeness (QED) is 0.631. The maximum atomic E-state index is 12.0. The maximum Gasteiger partial charge on any atom is 0.274 e. The number of rotatable bonds is 6. The molecular weight excluding hydrogens is 298 g/mol. The number of nitro groups is 1. The van der Waals surface area contributed by atoms with Crippen molar-refractivity contribution in [3.63, 3.8) is 0 Å². The molecule has 0 radical (unpaired) electrons. The van der Waals surface area contributed by atoms with Gasteiger partial charge in [0.05, 0.1) is 35.5 Å². The molecule has 2 aromatic rings. The van der Waals surface area contributed by atoms with E-state index in [0.29, 0.717) is 22.7 Å². The van der Waals surface area contributed by atoms with Crippen LogP contribution in [0, 0.1) is 17.0 Å². The fourth-order valence-corrected chi connectivity index (χ4v) is 2.12. The molecule has 0 aliphatic carbocycles. The summed E-state index contributed by atoms with van der Waals surface area (Å²) in [6, 6.07) is 11.8. The van der Waals surface area contributed by atoms with Crippen LogP contribution in [0.1, 0.15) is 5.56 Å². The number of amides is 1. The summed E-state index contributed by atoms with van der Waals surface area (Å²) in [6.07, 6.45) is 0. The Labute approximate surface area is 133 Å². The zero-order valence-corrected chi connectivity index (χ0v) is 12.8. The van der Waals surface area contributed by atoms with Crippen LogP contribution in [0.4, 0.5) is 17.1 Å². The Kier molecular flexibility index (Phi) is 5.14. The zero-order valence-electron chi connectivity index (χ0n) is 12.8. The molecule has 0 saturated carbocycles. The predicted octanol–water partition coefficient (Wildman–Crippen LogP) is 2.96. The molecule has 0 aromatic heterocycles. The average Bonchev–Trinajstić information content (AvgIpc) is 2.54. The number of hydrogen-bond acceptors (Lipinski definition) is 5. The number of nitro benzene ring substituents is 1. The van der Waals surface area contributed by atoms with Crippen LogP contribution < -0.4 is 15.4 Å². The molecule has 0 fully saturated rings. The van der Waals surface area contributed by atoms with E-state index in [9.17, 15) is 14.9 Å². The highest BCUT2D eigenvalue weighted by Crippen LogP contribution is 2.25. The number of ether oxygens (including phenoxy) is 1. The standard InChI is InChI=1S/C16H17N3O4/c1-11-12(7-5-8-14(11)19(21)22)18-16(20)10-17-13-6-3-4-9-15(13)23-2/h3-9,17H,10H2,1-2H3,(H,18,20). The van der Waals surface area contributed by atoms with E-state index in [0.717, 1.165) is 0 Å². The molecule has 0 atom stereocenters. The molecule has 0 spiro atoms. The maximum absolute atomic E-state index is 12.0. The minimum Gasteiger partial charge on any atom is -0.495 e. The number of anilines is 2. The van der Waals surface area contributed by atoms with Crippen molar-refractivity contribution in [1.82, 2.24) is 0 Å². The van der Waals surface area contributed by atoms with Crippen LogP contribution in [0.2, 0.25) is 0 Å². The molecule has 0 aliphatic heterocycles. The Balaban J connectivity index is 2.03. The topological polar surface area (TPSA) is 93.5 Å². The van der Waals surface area contributed by atoms with Gasteiger partial charge in [-0.2, -0.15) is 0 Å². The van der Waals surface area contributed by atoms with Crippen molar-refractivity contribution in [2.75, 3.05) is 24.3 Å². The van der Waals surface area contributed by atoms with Crippen LogP contribution >= 0.6 is 0 Å². The van der Waals surface area contributed by atoms with Crippen molar-refractivity contribution in [3.05, 3.63) is 58.1 Å². The summed E-state index contributed by atoms with van der Waals surface area (Å²) in [5.41, 5.74) is 1.51. The summed E-state index contributed by atoms with van der Waals surface area (Å²) in [5, 5.41) is 16.5. The van der Waals surface area contributed by atoms with Crippen LogP contribution in [0.15, 0.2) is 42.5 Å². The zero-order chi connectivity index (χ0) is 16.8. The third kappa shape index (κ3) is 3.97. The molecule has 7 heteroatoms. The summed E-state index contributed by atoms with van der Waals surface area (Å²) in [4.78, 5) is 22.5. The Morgan fingerprint density at radius 1 is 1.17 bits per heavy atom. The van der Waals surface area contributed by atoms with E-state index in [1.165, 1.54) is 12.1 Å². The molecule has 0 saturated heterocycles. The van der Waals surface area contributed by atoms with E-state index in [-0.39, 0.29) is 18.1 Å². The summed E-state index contributed by atoms with van der Waals surface area (Å²) >= 11 is 0. The SMILES string of the molecule is COc1ccccc1NCC(=O)Nc1cccc([N+](=O)[O-])c1C. The van der Waals surface area contributed by atoms with Crippen molar-refractivity contribution in [2.24, 2.45) is 0 Å². The molecule has 120 valence electrons. The summed E-state index contributed by atoms with van der Waals surface area (Å²) in [6.45, 7) is 1.61. The number of nitrogens with one attached hydrogen (secondary N) is 2. The minimum absolute atomic E-state index is 0.0164. The second kappa shape index (κ2) is 7.26. The first kappa shape index (κ1) is 16.3. The van der Waals surface area contributed by atoms with Gasteiger partial charge in [-0.15, -0.1) is 0 Å². The van der Waals surface area contributed by atoms with Gasteiger partial charge in [0, 0.05) is 6.07 Å². The lowest BCUT2D eigenvalue weighted by atomic mass is 10.1. The van der Waals surface area contributed by atoms with Gasteiger partial charge < -0.3 is 15.4 Å². The summed E-state index contributed by atoms with van der Waals surface area (Å²) in [7, 11) is 1.55. The largest absolute Gasteiger partial charge is 0.495 e. The fourth-order valence-electron chi connectivity index (χ4n) is 2.12. The number of nitrogens with zero attached hydrogens (tertiary/aromatic N) is 1. The van der Waals surface area contributed by atoms with E-state index < -0.39 is 4.92 Å². The fraction of sp³-hybridized carbons (Fsp3) is 0.188. The van der Waals surface area contributed by atoms with Gasteiger partial charge in [0.1, 0.15) is 5.75 Å². The highest BCUT2D eigenvalue weighted by molar-refractivity contribution is 5.95. The first-order valence-corrected chi connectivity index (χ1v) is 6.93. The summed E-state index contributed by atoms with van der Waals surface area (Å²) < 4.78 is 5.19. The van der Waals surface area contributed by atoms with Crippen molar-refractivity contribution < 1.29 is 14.5 Å². The van der Waals surface area contributed by atoms with Gasteiger partial charge in [0.2, 0.25) is 5.91 Å². The lowest BCUT2D eigenvalue weighted by Crippen LogP contribution is -2.22. The molecule has 0 unspecified atom stereocenters. The Bertz CT molecular complexity index is 731. The van der Waals surface area contributed by atoms with E-state index in [1.54, 1.807) is 32.2 Å². The van der Waals surface area contributed by atoms with Gasteiger partial charge in [-0.05, 0) is 25.1 Å². The first-order valence-electron chi connectivity index (χ1n) is 6.93. The van der Waals surface area contributed by atoms with Crippen LogP contribution in [0.3, 0.4) is 0 Å². The second-order valence-corrected chi connectivity index (χ2v) is 4.81. The summed E-state index contributed by atoms with van der Waals surface area (Å²) in [5.74, 6) is 0.325. The highest BCUT2D eigenvalue weighted by Gasteiger charge is 2.14. The first-order chi connectivity index (χ1) is 11.0. The van der Waals surface area contributed by atoms with E-state index in [1.807, 2.05) is 12.1 Å². The molecule has 0 bridgehead atoms. The van der Waals surface area contributed by atoms with Gasteiger partial charge in [-0.3, -0.25) is 14.9 Å². The van der Waals surface area contributed by atoms with Crippen molar-refractivity contribution in [2.45, 2.75) is 6.92 Å². The van der Waals surface area contributed by atoms with E-state index in [4.69, 9.17) is 4.74 Å². The van der Waals surface area contributed by atoms with Gasteiger partial charge in [-0.25, -0.2) is 0 Å². The third-order valence-corrected chi connectivity index (χ3v) is 3.32. The molecular formula is C16H17N3O4. The van der Waals surface area contributed by atoms with Crippen LogP contribution in [-0.2, 0) is 4.79 Å². The third-order valence-electron chi connectivity index (χ3n) is 3.32. The number of para-hydroxylation sites is 2. The molecule has 23 heavy (non-hydrogen) atoms. The molecule has 2 aromatic carbocycles. The van der Waals surface area contributed by atoms with Gasteiger partial charge in [0.15, 0.2) is 0 Å². The predicted molar refractivity (Wildman–Crippen MR) is 87.9 cm³/mol. The van der Waals surface area contributed by atoms with E-state index >= 15 is 0 Å². The van der Waals surface area contributed by atoms with Crippen molar-refractivity contribution in [1.29, 1.82) is 0 Å². The molecule has 0 heterocycles. The number of carbonyl (C=O) groups is 1. The van der Waals surface area contributed by atoms with Crippen LogP contribution in [0.25, 0.3) is 0 Å². The molecule has 2 N–H and O–H groups in total. The van der Waals surface area contributed by atoms with Gasteiger partial charge in [0.25, 0.3) is 5.69 Å². The monoisotopic (exact) mass is 315 g/mol. The Hall–Kier alpha value is -3.09. The molecule has 2 rings (SSSR count). The smallest absolute Gasteiger partial charge is 0.274 e. The molecule has 0 aliphatic rings. The average molecular weight is 315 g/mol. The number of benzene rings is 2. The number of hydrogen-bond donors (Lipinski definition) is 2. The second-order valence-electron chi connectivity index (χ2n) is 4.81. The van der Waals surface area contributed by atoms with Crippen molar-refractivity contribution in [3.8, 4) is 5.75 Å². The van der Waals surface area contributed by atoms with E-state index in [2.05, 4.69) is 10.6 Å². The van der Waals surface area contributed by atoms with Crippen LogP contribution in [-0.4, -0.2) is 24.5 Å². The Morgan fingerprint density at radius 3 is 2.57 bits per heavy atom. The highest BCUT2D eigenvalue weighted by atomic mass is 16.6. The molecule has 7 nitrogen and oxygen atoms in total. The molecule has 1 amide bonds. The number of carbonyl (C=O) groups excluding carboxylic acids is 1. The number of methoxy groups -OCH3 is 1. The van der Waals surface area contributed by atoms with Crippen LogP contribution in [0.5, 0.6) is 5.75 Å². The minimum atomic E-state index is -0.474.